The summed E-state index contributed by atoms with van der Waals surface area (Å²) in [5.41, 5.74) is 5.41. The number of thiazole rings is 1. The van der Waals surface area contributed by atoms with Crippen molar-refractivity contribution in [3.05, 3.63) is 45.7 Å². The maximum absolute atomic E-state index is 12.9. The highest BCUT2D eigenvalue weighted by molar-refractivity contribution is 7.19. The third-order valence-corrected chi connectivity index (χ3v) is 8.18. The van der Waals surface area contributed by atoms with Crippen LogP contribution in [-0.4, -0.2) is 57.7 Å². The van der Waals surface area contributed by atoms with E-state index < -0.39 is 0 Å². The topological polar surface area (TPSA) is 92.1 Å². The van der Waals surface area contributed by atoms with E-state index in [0.29, 0.717) is 15.7 Å². The van der Waals surface area contributed by atoms with Gasteiger partial charge in [0, 0.05) is 24.1 Å². The van der Waals surface area contributed by atoms with E-state index in [-0.39, 0.29) is 23.8 Å². The number of hydrogen-bond acceptors (Lipinski definition) is 6. The predicted octanol–water partition coefficient (Wildman–Crippen LogP) is 4.65. The summed E-state index contributed by atoms with van der Waals surface area (Å²) in [6.07, 6.45) is 3.52. The van der Waals surface area contributed by atoms with E-state index in [4.69, 9.17) is 16.7 Å². The second-order valence-electron chi connectivity index (χ2n) is 9.97. The highest BCUT2D eigenvalue weighted by Crippen LogP contribution is 2.43. The number of aryl methyl sites for hydroxylation is 1. The van der Waals surface area contributed by atoms with Crippen LogP contribution in [0.3, 0.4) is 0 Å². The molecule has 1 aliphatic carbocycles. The van der Waals surface area contributed by atoms with Gasteiger partial charge in [0.15, 0.2) is 5.13 Å². The summed E-state index contributed by atoms with van der Waals surface area (Å²) in [6.45, 7) is 7.72. The van der Waals surface area contributed by atoms with E-state index in [1.165, 1.54) is 23.8 Å². The van der Waals surface area contributed by atoms with Crippen LogP contribution in [-0.2, 0) is 17.6 Å². The van der Waals surface area contributed by atoms with Crippen LogP contribution in [0.4, 0.5) is 5.13 Å². The van der Waals surface area contributed by atoms with Crippen LogP contribution in [0.25, 0.3) is 16.3 Å². The van der Waals surface area contributed by atoms with Crippen molar-refractivity contribution in [2.75, 3.05) is 25.5 Å². The van der Waals surface area contributed by atoms with E-state index in [2.05, 4.69) is 41.4 Å². The number of piperidine rings is 1. The molecule has 5 rings (SSSR count). The van der Waals surface area contributed by atoms with Crippen molar-refractivity contribution in [2.24, 2.45) is 0 Å². The van der Waals surface area contributed by atoms with Crippen molar-refractivity contribution in [3.8, 4) is 16.3 Å². The van der Waals surface area contributed by atoms with E-state index in [9.17, 15) is 9.59 Å². The first kappa shape index (κ1) is 24.9. The van der Waals surface area contributed by atoms with E-state index >= 15 is 0 Å². The first-order valence-corrected chi connectivity index (χ1v) is 13.6. The minimum absolute atomic E-state index is 0.104. The fourth-order valence-electron chi connectivity index (χ4n) is 4.98. The maximum atomic E-state index is 12.9. The summed E-state index contributed by atoms with van der Waals surface area (Å²) in [5, 5.41) is 12.0. The zero-order valence-electron chi connectivity index (χ0n) is 21.0. The molecular formula is C26H31ClN6O2S. The molecule has 3 aromatic rings. The Balaban J connectivity index is 1.49. The van der Waals surface area contributed by atoms with Gasteiger partial charge in [-0.2, -0.15) is 5.10 Å². The number of aromatic nitrogens is 3. The first-order valence-electron chi connectivity index (χ1n) is 12.4. The average Bonchev–Trinajstić information content (AvgIpc) is 3.41. The lowest BCUT2D eigenvalue weighted by atomic mass is 9.94. The lowest BCUT2D eigenvalue weighted by Crippen LogP contribution is -2.43. The number of hydrogen-bond donors (Lipinski definition) is 2. The second kappa shape index (κ2) is 9.95. The third kappa shape index (κ3) is 4.79. The Kier molecular flexibility index (Phi) is 6.89. The fraction of sp³-hybridized carbons (Fsp3) is 0.462. The van der Waals surface area contributed by atoms with Gasteiger partial charge in [-0.25, -0.2) is 9.67 Å². The number of likely N-dealkylation sites (tertiary alicyclic amines) is 1. The molecule has 190 valence electrons. The summed E-state index contributed by atoms with van der Waals surface area (Å²) < 4.78 is 1.89. The Morgan fingerprint density at radius 1 is 1.19 bits per heavy atom. The number of amides is 2. The molecule has 1 fully saturated rings. The highest BCUT2D eigenvalue weighted by atomic mass is 35.5. The number of halogens is 1. The molecule has 2 aliphatic rings. The molecule has 10 heteroatoms. The maximum Gasteiger partial charge on any atom is 0.251 e. The average molecular weight is 527 g/mol. The molecule has 3 heterocycles. The number of nitrogens with zero attached hydrogens (tertiary/aromatic N) is 4. The Labute approximate surface area is 220 Å². The lowest BCUT2D eigenvalue weighted by Gasteiger charge is -2.29. The molecule has 0 saturated carbocycles. The number of fused-ring (bicyclic) bond motifs is 3. The largest absolute Gasteiger partial charge is 0.349 e. The first-order chi connectivity index (χ1) is 17.2. The number of anilines is 1. The molecule has 0 bridgehead atoms. The quantitative estimate of drug-likeness (QED) is 0.504. The van der Waals surface area contributed by atoms with Crippen LogP contribution in [0, 0.1) is 0 Å². The molecule has 1 aromatic carbocycles. The van der Waals surface area contributed by atoms with Gasteiger partial charge in [0.1, 0.15) is 0 Å². The second-order valence-corrected chi connectivity index (χ2v) is 11.4. The SMILES string of the molecule is CC(=O)Nc1nc2c(s1)-c1c(c(C(C)C)nn1-c1ccc(C(=O)NC3CCN(C)CC3)cc1Cl)CC2. The summed E-state index contributed by atoms with van der Waals surface area (Å²) in [7, 11) is 2.10. The fourth-order valence-corrected chi connectivity index (χ4v) is 6.36. The van der Waals surface area contributed by atoms with Gasteiger partial charge in [-0.05, 0) is 69.9 Å². The van der Waals surface area contributed by atoms with Gasteiger partial charge in [0.25, 0.3) is 5.91 Å². The Morgan fingerprint density at radius 2 is 1.94 bits per heavy atom. The number of carbonyl (C=O) groups excluding carboxylic acids is 2. The van der Waals surface area contributed by atoms with Crippen molar-refractivity contribution < 1.29 is 9.59 Å². The van der Waals surface area contributed by atoms with Crippen LogP contribution >= 0.6 is 22.9 Å². The minimum atomic E-state index is -0.144. The van der Waals surface area contributed by atoms with E-state index in [1.807, 2.05) is 16.8 Å². The summed E-state index contributed by atoms with van der Waals surface area (Å²) >= 11 is 8.24. The minimum Gasteiger partial charge on any atom is -0.349 e. The number of carbonyl (C=O) groups is 2. The molecular weight excluding hydrogens is 496 g/mol. The van der Waals surface area contributed by atoms with Gasteiger partial charge < -0.3 is 15.5 Å². The van der Waals surface area contributed by atoms with Gasteiger partial charge in [-0.3, -0.25) is 9.59 Å². The Bertz CT molecular complexity index is 1320. The molecule has 0 radical (unpaired) electrons. The summed E-state index contributed by atoms with van der Waals surface area (Å²) in [6, 6.07) is 5.59. The number of rotatable bonds is 5. The molecule has 2 amide bonds. The molecule has 0 spiro atoms. The van der Waals surface area contributed by atoms with Crippen LogP contribution in [0.2, 0.25) is 5.02 Å². The molecule has 36 heavy (non-hydrogen) atoms. The Hall–Kier alpha value is -2.75. The van der Waals surface area contributed by atoms with Gasteiger partial charge in [0.2, 0.25) is 5.91 Å². The number of nitrogens with one attached hydrogen (secondary N) is 2. The van der Waals surface area contributed by atoms with Gasteiger partial charge in [-0.1, -0.05) is 36.8 Å². The summed E-state index contributed by atoms with van der Waals surface area (Å²) in [5.74, 6) is -0.00874. The van der Waals surface area contributed by atoms with Gasteiger partial charge >= 0.3 is 0 Å². The van der Waals surface area contributed by atoms with Crippen LogP contribution in [0.15, 0.2) is 18.2 Å². The zero-order chi connectivity index (χ0) is 25.6. The lowest BCUT2D eigenvalue weighted by molar-refractivity contribution is -0.114. The van der Waals surface area contributed by atoms with Crippen LogP contribution in [0.1, 0.15) is 66.8 Å². The summed E-state index contributed by atoms with van der Waals surface area (Å²) in [4.78, 5) is 32.5. The molecule has 0 atom stereocenters. The van der Waals surface area contributed by atoms with Gasteiger partial charge in [0.05, 0.1) is 32.7 Å². The predicted molar refractivity (Wildman–Crippen MR) is 143 cm³/mol. The van der Waals surface area contributed by atoms with Crippen molar-refractivity contribution in [1.82, 2.24) is 25.0 Å². The molecule has 0 unspecified atom stereocenters. The molecule has 1 saturated heterocycles. The van der Waals surface area contributed by atoms with Crippen LogP contribution < -0.4 is 10.6 Å². The van der Waals surface area contributed by atoms with Crippen LogP contribution in [0.5, 0.6) is 0 Å². The third-order valence-electron chi connectivity index (χ3n) is 6.86. The zero-order valence-corrected chi connectivity index (χ0v) is 22.6. The number of benzene rings is 1. The highest BCUT2D eigenvalue weighted by Gasteiger charge is 2.31. The van der Waals surface area contributed by atoms with Crippen molar-refractivity contribution in [2.45, 2.75) is 58.4 Å². The normalized spacial score (nSPS) is 16.1. The molecule has 2 N–H and O–H groups in total. The molecule has 2 aromatic heterocycles. The van der Waals surface area contributed by atoms with Crippen molar-refractivity contribution in [1.29, 1.82) is 0 Å². The standard InChI is InChI=1S/C26H31ClN6O2S/c1-14(2)22-18-6-7-20-24(36-26(30-20)28-15(3)34)23(18)33(31-22)21-8-5-16(13-19(21)27)25(35)29-17-9-11-32(4)12-10-17/h5,8,13-14,17H,6-7,9-12H2,1-4H3,(H,29,35)(H,28,30,34). The molecule has 8 nitrogen and oxygen atoms in total. The van der Waals surface area contributed by atoms with E-state index in [0.717, 1.165) is 66.4 Å². The van der Waals surface area contributed by atoms with Crippen molar-refractivity contribution in [3.63, 3.8) is 0 Å². The smallest absolute Gasteiger partial charge is 0.251 e. The van der Waals surface area contributed by atoms with Crippen molar-refractivity contribution >= 4 is 39.9 Å². The molecule has 1 aliphatic heterocycles. The monoisotopic (exact) mass is 526 g/mol. The van der Waals surface area contributed by atoms with E-state index in [1.54, 1.807) is 6.07 Å². The van der Waals surface area contributed by atoms with Gasteiger partial charge in [-0.15, -0.1) is 0 Å². The Morgan fingerprint density at radius 3 is 2.61 bits per heavy atom.